The molecule has 17 heterocycles. The summed E-state index contributed by atoms with van der Waals surface area (Å²) in [4.78, 5) is 67.6. The molecule has 8 N–H and O–H groups in total. The summed E-state index contributed by atoms with van der Waals surface area (Å²) in [5, 5.41) is 13.5. The fourth-order valence-corrected chi connectivity index (χ4v) is 15.2. The third kappa shape index (κ3) is 18.2. The van der Waals surface area contributed by atoms with E-state index in [1.165, 1.54) is 61.1 Å². The molecular weight excluding hydrogens is 1620 g/mol. The van der Waals surface area contributed by atoms with Crippen LogP contribution in [0.2, 0.25) is 5.15 Å². The Morgan fingerprint density at radius 1 is 0.525 bits per heavy atom. The van der Waals surface area contributed by atoms with Crippen molar-refractivity contribution in [3.05, 3.63) is 215 Å². The fourth-order valence-electron chi connectivity index (χ4n) is 15.0. The second-order valence-electron chi connectivity index (χ2n) is 29.1. The van der Waals surface area contributed by atoms with Gasteiger partial charge in [-0.3, -0.25) is 14.7 Å². The van der Waals surface area contributed by atoms with Crippen molar-refractivity contribution >= 4 is 75.8 Å². The van der Waals surface area contributed by atoms with Crippen LogP contribution in [0.1, 0.15) is 60.2 Å². The van der Waals surface area contributed by atoms with Crippen molar-refractivity contribution in [1.29, 1.82) is 0 Å². The van der Waals surface area contributed by atoms with Gasteiger partial charge in [-0.15, -0.1) is 15.3 Å². The Kier molecular flexibility index (Phi) is 23.0. The molecule has 0 radical (unpaired) electrons. The number of benzene rings is 3. The van der Waals surface area contributed by atoms with Crippen molar-refractivity contribution in [1.82, 2.24) is 113 Å². The summed E-state index contributed by atoms with van der Waals surface area (Å²) in [7, 11) is 0. The van der Waals surface area contributed by atoms with Gasteiger partial charge in [0.15, 0.2) is 28.7 Å². The monoisotopic (exact) mass is 1700 g/mol. The zero-order valence-electron chi connectivity index (χ0n) is 64.5. The minimum atomic E-state index is -4.61. The first-order chi connectivity index (χ1) is 59.1. The summed E-state index contributed by atoms with van der Waals surface area (Å²) >= 11 is 6.03. The molecule has 4 aliphatic rings. The van der Waals surface area contributed by atoms with Crippen LogP contribution in [0.25, 0.3) is 74.7 Å². The maximum atomic E-state index is 14.1. The summed E-state index contributed by atoms with van der Waals surface area (Å²) < 4.78 is 139. The van der Waals surface area contributed by atoms with Gasteiger partial charge < -0.3 is 59.7 Å². The topological polar surface area (TPSA) is 406 Å². The summed E-state index contributed by atoms with van der Waals surface area (Å²) in [6.07, 6.45) is 10.8. The smallest absolute Gasteiger partial charge is 0.416 e. The van der Waals surface area contributed by atoms with E-state index in [1.54, 1.807) is 79.4 Å². The molecule has 122 heavy (non-hydrogen) atoms. The first kappa shape index (κ1) is 80.5. The van der Waals surface area contributed by atoms with Crippen molar-refractivity contribution < 1.29 is 57.5 Å². The number of halogens is 9. The number of piperazine rings is 2. The highest BCUT2D eigenvalue weighted by atomic mass is 35.5. The number of anilines is 6. The molecule has 20 rings (SSSR count). The third-order valence-corrected chi connectivity index (χ3v) is 21.2. The average molecular weight is 1700 g/mol. The van der Waals surface area contributed by atoms with Gasteiger partial charge in [-0.1, -0.05) is 23.7 Å². The first-order valence-corrected chi connectivity index (χ1v) is 39.0. The van der Waals surface area contributed by atoms with Gasteiger partial charge in [0.25, 0.3) is 17.3 Å². The van der Waals surface area contributed by atoms with E-state index in [0.29, 0.717) is 167 Å². The van der Waals surface area contributed by atoms with E-state index in [1.807, 2.05) is 21.9 Å². The lowest BCUT2D eigenvalue weighted by Gasteiger charge is -2.46. The van der Waals surface area contributed by atoms with E-state index in [2.05, 4.69) is 94.8 Å². The number of aromatic nitrogens is 20. The Hall–Kier alpha value is -13.9. The number of alkyl halides is 3. The van der Waals surface area contributed by atoms with E-state index >= 15 is 0 Å². The number of piperidine rings is 1. The SMILES string of the molecule is Nc1nc(-c2ccco2)c2ncn(Cc3ccc(C(F)(F)F)cc3F)c2n1.Nc1nc(CCC2CCCN2Cc2ccnc(Cl)c2)nc2nc(-c3ccco3)nn12.Nc1nc(N2CCN(Cc3c(F)cc(F)cc3F)CC2)nc2nc(-c3ccco3)nn12.Nc1nc(N2CCN3CC(COc4cccc(F)c4)CCC3C2)nc2nc(-c3ccco3)nn12. The number of rotatable bonds is 18. The van der Waals surface area contributed by atoms with Crippen LogP contribution >= 0.6 is 11.6 Å². The Bertz CT molecular complexity index is 6300. The summed E-state index contributed by atoms with van der Waals surface area (Å²) in [5.74, 6) is 3.65. The molecule has 3 atom stereocenters. The highest BCUT2D eigenvalue weighted by Gasteiger charge is 2.36. The molecule has 0 amide bonds. The Labute approximate surface area is 690 Å². The Balaban J connectivity index is 0.000000116. The summed E-state index contributed by atoms with van der Waals surface area (Å²) in [5.41, 5.74) is 25.2. The molecule has 0 saturated carbocycles. The van der Waals surface area contributed by atoms with Gasteiger partial charge in [-0.25, -0.2) is 36.9 Å². The normalized spacial score (nSPS) is 16.6. The number of hydrogen-bond acceptors (Lipinski definition) is 30. The van der Waals surface area contributed by atoms with Crippen molar-refractivity contribution in [3.63, 3.8) is 0 Å². The second-order valence-corrected chi connectivity index (χ2v) is 29.5. The molecule has 0 spiro atoms. The highest BCUT2D eigenvalue weighted by molar-refractivity contribution is 6.29. The highest BCUT2D eigenvalue weighted by Crippen LogP contribution is 2.35. The predicted molar refractivity (Wildman–Crippen MR) is 427 cm³/mol. The molecule has 13 aromatic heterocycles. The van der Waals surface area contributed by atoms with Gasteiger partial charge in [-0.05, 0) is 129 Å². The molecule has 34 nitrogen and oxygen atoms in total. The summed E-state index contributed by atoms with van der Waals surface area (Å²) in [6.45, 7) is 8.04. The van der Waals surface area contributed by atoms with Gasteiger partial charge in [-0.2, -0.15) is 76.6 Å². The Morgan fingerprint density at radius 2 is 1.14 bits per heavy atom. The number of aryl methyl sites for hydroxylation is 1. The number of furan rings is 4. The van der Waals surface area contributed by atoms with Gasteiger partial charge in [0, 0.05) is 125 Å². The van der Waals surface area contributed by atoms with Crippen LogP contribution in [0.4, 0.5) is 70.8 Å². The van der Waals surface area contributed by atoms with Gasteiger partial charge in [0.2, 0.25) is 53.2 Å². The molecular formula is C79H74ClF8N29O5. The number of hydrogen-bond donors (Lipinski definition) is 4. The minimum absolute atomic E-state index is 0.0384. The van der Waals surface area contributed by atoms with Crippen LogP contribution in [0, 0.1) is 35.0 Å². The molecule has 3 aromatic carbocycles. The summed E-state index contributed by atoms with van der Waals surface area (Å²) in [6, 6.07) is 28.9. The zero-order chi connectivity index (χ0) is 84.3. The fraction of sp³-hybridized carbons (Fsp3) is 0.291. The number of fused-ring (bicyclic) bond motifs is 5. The van der Waals surface area contributed by atoms with Crippen molar-refractivity contribution in [2.45, 2.75) is 76.4 Å². The number of nitrogens with zero attached hydrogens (tertiary/aromatic N) is 25. The molecule has 43 heteroatoms. The zero-order valence-corrected chi connectivity index (χ0v) is 65.3. The second kappa shape index (κ2) is 34.8. The number of nitrogen functional groups attached to an aromatic ring is 4. The quantitative estimate of drug-likeness (QED) is 0.0458. The molecule has 4 saturated heterocycles. The van der Waals surface area contributed by atoms with Gasteiger partial charge >= 0.3 is 6.18 Å². The lowest BCUT2D eigenvalue weighted by atomic mass is 9.91. The van der Waals surface area contributed by atoms with Crippen LogP contribution in [-0.4, -0.2) is 190 Å². The van der Waals surface area contributed by atoms with Crippen molar-refractivity contribution in [2.75, 3.05) is 98.2 Å². The molecule has 628 valence electrons. The van der Waals surface area contributed by atoms with E-state index < -0.39 is 35.0 Å². The maximum absolute atomic E-state index is 14.1. The van der Waals surface area contributed by atoms with Crippen molar-refractivity contribution in [3.8, 4) is 52.0 Å². The average Bonchev–Trinajstić information content (AvgIpc) is 1.58. The standard InChI is InChI=1S/C23H25FN8O2.C20H21ClN8O.C19H17F3N8O.C17H11F4N5O/c24-16-3-1-4-18(11-16)34-14-15-6-7-17-13-31(9-8-30(17)12-15)22-27-21(25)32-23(28-22)26-20(29-32)19-5-2-10-33-19;21-16-11-13(7-8-23-16)12-28-9-1-3-14(28)5-6-17-24-19(22)29-20(25-17)26-18(27-29)15-4-2-10-30-15;20-11-8-13(21)12(14(22)9-11)10-28-3-5-29(6-4-28)18-25-17(23)30-19(26-18)24-16(27-30)15-2-1-7-31-15;18-11-6-10(17(19,20)21)4-3-9(11)7-26-8-23-14-13(12-2-1-5-27-12)24-16(22)25-15(14)26/h1-5,10-11,15,17H,6-9,12-14H2,(H2,25,26,27,28,29);2,4,7-8,10-11,14H,1,3,5-6,9,12H2,(H2,22,24,25,26,27);1-2,7-9H,3-6,10H2,(H2,23,24,25,26,27);1-6,8H,7H2,(H2,22,24,25). The van der Waals surface area contributed by atoms with Crippen LogP contribution < -0.4 is 37.5 Å². The van der Waals surface area contributed by atoms with E-state index in [0.717, 1.165) is 83.5 Å². The number of imidazole rings is 1. The van der Waals surface area contributed by atoms with Gasteiger partial charge in [0.05, 0.1) is 50.1 Å². The maximum Gasteiger partial charge on any atom is 0.416 e. The first-order valence-electron chi connectivity index (χ1n) is 38.6. The predicted octanol–water partition coefficient (Wildman–Crippen LogP) is 11.5. The molecule has 3 unspecified atom stereocenters. The number of ether oxygens (including phenoxy) is 1. The minimum Gasteiger partial charge on any atom is -0.493 e. The van der Waals surface area contributed by atoms with Crippen LogP contribution in [0.15, 0.2) is 171 Å². The third-order valence-electron chi connectivity index (χ3n) is 21.0. The number of pyridine rings is 1. The lowest BCUT2D eigenvalue weighted by Crippen LogP contribution is -2.57. The van der Waals surface area contributed by atoms with E-state index in [4.69, 9.17) is 56.9 Å². The lowest BCUT2D eigenvalue weighted by molar-refractivity contribution is -0.137. The van der Waals surface area contributed by atoms with Crippen LogP contribution in [0.5, 0.6) is 5.75 Å². The Morgan fingerprint density at radius 3 is 1.75 bits per heavy atom. The van der Waals surface area contributed by atoms with Crippen molar-refractivity contribution in [2.24, 2.45) is 5.92 Å². The van der Waals surface area contributed by atoms with E-state index in [-0.39, 0.29) is 59.6 Å². The van der Waals surface area contributed by atoms with E-state index in [9.17, 15) is 35.1 Å². The molecule has 0 bridgehead atoms. The molecule has 4 aliphatic heterocycles. The van der Waals surface area contributed by atoms with Crippen LogP contribution in [0.3, 0.4) is 0 Å². The number of likely N-dealkylation sites (tertiary alicyclic amines) is 1. The number of nitrogens with two attached hydrogens (primary N) is 4. The van der Waals surface area contributed by atoms with Crippen LogP contribution in [-0.2, 0) is 32.2 Å². The molecule has 16 aromatic rings. The largest absolute Gasteiger partial charge is 0.493 e. The van der Waals surface area contributed by atoms with Gasteiger partial charge in [0.1, 0.15) is 57.0 Å². The molecule has 0 aliphatic carbocycles. The molecule has 4 fully saturated rings.